The standard InChI is InChI=1S/C16H29N3S/c1-11(2)15-16(13(4)17)20-14(18-15)7-10-19-8-5-12(3)6-9-19/h11-13H,5-10,17H2,1-4H3. The van der Waals surface area contributed by atoms with Crippen LogP contribution in [0.15, 0.2) is 0 Å². The van der Waals surface area contributed by atoms with Crippen molar-refractivity contribution in [1.82, 2.24) is 9.88 Å². The van der Waals surface area contributed by atoms with E-state index in [2.05, 4.69) is 32.6 Å². The van der Waals surface area contributed by atoms with E-state index < -0.39 is 0 Å². The number of rotatable bonds is 5. The molecule has 4 heteroatoms. The van der Waals surface area contributed by atoms with Crippen molar-refractivity contribution in [2.24, 2.45) is 11.7 Å². The lowest BCUT2D eigenvalue weighted by Crippen LogP contribution is -2.34. The third-order valence-corrected chi connectivity index (χ3v) is 5.54. The van der Waals surface area contributed by atoms with Crippen molar-refractivity contribution < 1.29 is 0 Å². The molecule has 0 saturated carbocycles. The molecule has 114 valence electrons. The van der Waals surface area contributed by atoms with Gasteiger partial charge in [0.2, 0.25) is 0 Å². The van der Waals surface area contributed by atoms with Crippen molar-refractivity contribution in [3.05, 3.63) is 15.6 Å². The van der Waals surface area contributed by atoms with Crippen molar-refractivity contribution in [3.8, 4) is 0 Å². The van der Waals surface area contributed by atoms with Crippen molar-refractivity contribution >= 4 is 11.3 Å². The maximum Gasteiger partial charge on any atom is 0.0944 e. The maximum absolute atomic E-state index is 6.08. The summed E-state index contributed by atoms with van der Waals surface area (Å²) in [6.07, 6.45) is 3.77. The number of hydrogen-bond donors (Lipinski definition) is 1. The fourth-order valence-electron chi connectivity index (χ4n) is 2.78. The van der Waals surface area contributed by atoms with Gasteiger partial charge in [-0.2, -0.15) is 0 Å². The maximum atomic E-state index is 6.08. The molecule has 1 fully saturated rings. The van der Waals surface area contributed by atoms with Crippen LogP contribution in [0.3, 0.4) is 0 Å². The van der Waals surface area contributed by atoms with Crippen LogP contribution in [0, 0.1) is 5.92 Å². The van der Waals surface area contributed by atoms with Crippen LogP contribution < -0.4 is 5.73 Å². The molecule has 20 heavy (non-hydrogen) atoms. The Morgan fingerprint density at radius 2 is 1.95 bits per heavy atom. The molecule has 1 aliphatic rings. The third kappa shape index (κ3) is 4.03. The van der Waals surface area contributed by atoms with Crippen LogP contribution in [0.1, 0.15) is 68.1 Å². The SMILES string of the molecule is CC1CCN(CCc2nc(C(C)C)c(C(C)N)s2)CC1. The van der Waals surface area contributed by atoms with Gasteiger partial charge >= 0.3 is 0 Å². The topological polar surface area (TPSA) is 42.2 Å². The fourth-order valence-corrected chi connectivity index (χ4v) is 3.94. The fraction of sp³-hybridized carbons (Fsp3) is 0.812. The number of hydrogen-bond acceptors (Lipinski definition) is 4. The number of thiazole rings is 1. The van der Waals surface area contributed by atoms with Gasteiger partial charge in [0.05, 0.1) is 10.7 Å². The van der Waals surface area contributed by atoms with Gasteiger partial charge < -0.3 is 10.6 Å². The van der Waals surface area contributed by atoms with Crippen molar-refractivity contribution in [2.45, 2.75) is 58.9 Å². The first-order valence-corrected chi connectivity index (χ1v) is 8.76. The van der Waals surface area contributed by atoms with Crippen LogP contribution in [0.25, 0.3) is 0 Å². The van der Waals surface area contributed by atoms with Crippen LogP contribution in [-0.4, -0.2) is 29.5 Å². The van der Waals surface area contributed by atoms with Gasteiger partial charge in [0.1, 0.15) is 0 Å². The molecule has 1 aliphatic heterocycles. The van der Waals surface area contributed by atoms with E-state index in [1.807, 2.05) is 11.3 Å². The zero-order valence-corrected chi connectivity index (χ0v) is 14.2. The summed E-state index contributed by atoms with van der Waals surface area (Å²) in [4.78, 5) is 8.71. The number of piperidine rings is 1. The van der Waals surface area contributed by atoms with E-state index in [0.717, 1.165) is 18.9 Å². The first kappa shape index (κ1) is 15.9. The van der Waals surface area contributed by atoms with E-state index in [9.17, 15) is 0 Å². The highest BCUT2D eigenvalue weighted by molar-refractivity contribution is 7.11. The molecule has 2 rings (SSSR count). The minimum atomic E-state index is 0.106. The first-order valence-electron chi connectivity index (χ1n) is 7.94. The second-order valence-electron chi connectivity index (χ2n) is 6.57. The number of nitrogens with two attached hydrogens (primary N) is 1. The molecule has 0 spiro atoms. The Kier molecular flexibility index (Phi) is 5.58. The minimum absolute atomic E-state index is 0.106. The molecule has 1 aromatic heterocycles. The van der Waals surface area contributed by atoms with Crippen LogP contribution >= 0.6 is 11.3 Å². The minimum Gasteiger partial charge on any atom is -0.323 e. The van der Waals surface area contributed by atoms with Gasteiger partial charge in [0.25, 0.3) is 0 Å². The molecule has 0 aromatic carbocycles. The lowest BCUT2D eigenvalue weighted by molar-refractivity contribution is 0.194. The van der Waals surface area contributed by atoms with Gasteiger partial charge in [0.15, 0.2) is 0 Å². The number of likely N-dealkylation sites (tertiary alicyclic amines) is 1. The van der Waals surface area contributed by atoms with Gasteiger partial charge in [0, 0.05) is 23.9 Å². The summed E-state index contributed by atoms with van der Waals surface area (Å²) in [5, 5.41) is 1.26. The van der Waals surface area contributed by atoms with Crippen molar-refractivity contribution in [3.63, 3.8) is 0 Å². The molecule has 1 unspecified atom stereocenters. The monoisotopic (exact) mass is 295 g/mol. The Morgan fingerprint density at radius 3 is 2.45 bits per heavy atom. The average Bonchev–Trinajstić information content (AvgIpc) is 2.83. The van der Waals surface area contributed by atoms with E-state index in [1.165, 1.54) is 41.5 Å². The first-order chi connectivity index (χ1) is 9.47. The molecule has 1 aromatic rings. The molecule has 3 nitrogen and oxygen atoms in total. The summed E-state index contributed by atoms with van der Waals surface area (Å²) in [6, 6.07) is 0.106. The van der Waals surface area contributed by atoms with Gasteiger partial charge in [-0.3, -0.25) is 0 Å². The lowest BCUT2D eigenvalue weighted by atomic mass is 9.99. The molecule has 1 saturated heterocycles. The van der Waals surface area contributed by atoms with Crippen LogP contribution in [0.5, 0.6) is 0 Å². The number of nitrogens with zero attached hydrogens (tertiary/aromatic N) is 2. The zero-order chi connectivity index (χ0) is 14.7. The smallest absolute Gasteiger partial charge is 0.0944 e. The quantitative estimate of drug-likeness (QED) is 0.903. The Morgan fingerprint density at radius 1 is 1.30 bits per heavy atom. The van der Waals surface area contributed by atoms with Gasteiger partial charge in [-0.25, -0.2) is 4.98 Å². The van der Waals surface area contributed by atoms with E-state index >= 15 is 0 Å². The van der Waals surface area contributed by atoms with Gasteiger partial charge in [-0.15, -0.1) is 11.3 Å². The molecular weight excluding hydrogens is 266 g/mol. The summed E-state index contributed by atoms with van der Waals surface area (Å²) >= 11 is 1.82. The molecular formula is C16H29N3S. The van der Waals surface area contributed by atoms with Crippen LogP contribution in [0.4, 0.5) is 0 Å². The van der Waals surface area contributed by atoms with Crippen LogP contribution in [-0.2, 0) is 6.42 Å². The molecule has 0 radical (unpaired) electrons. The third-order valence-electron chi connectivity index (χ3n) is 4.20. The average molecular weight is 295 g/mol. The van der Waals surface area contributed by atoms with E-state index in [0.29, 0.717) is 5.92 Å². The zero-order valence-electron chi connectivity index (χ0n) is 13.4. The Balaban J connectivity index is 1.94. The van der Waals surface area contributed by atoms with Crippen LogP contribution in [0.2, 0.25) is 0 Å². The largest absolute Gasteiger partial charge is 0.323 e. The molecule has 0 bridgehead atoms. The summed E-state index contributed by atoms with van der Waals surface area (Å²) in [7, 11) is 0. The summed E-state index contributed by atoms with van der Waals surface area (Å²) in [5.74, 6) is 1.38. The highest BCUT2D eigenvalue weighted by atomic mass is 32.1. The second kappa shape index (κ2) is 7.01. The van der Waals surface area contributed by atoms with Crippen molar-refractivity contribution in [1.29, 1.82) is 0 Å². The summed E-state index contributed by atoms with van der Waals surface area (Å²) in [6.45, 7) is 12.5. The van der Waals surface area contributed by atoms with E-state index in [1.54, 1.807) is 0 Å². The predicted molar refractivity (Wildman–Crippen MR) is 87.3 cm³/mol. The van der Waals surface area contributed by atoms with E-state index in [-0.39, 0.29) is 6.04 Å². The molecule has 2 N–H and O–H groups in total. The molecule has 0 amide bonds. The Labute approximate surface area is 127 Å². The summed E-state index contributed by atoms with van der Waals surface area (Å²) in [5.41, 5.74) is 7.29. The highest BCUT2D eigenvalue weighted by Gasteiger charge is 2.19. The Hall–Kier alpha value is -0.450. The second-order valence-corrected chi connectivity index (χ2v) is 7.69. The van der Waals surface area contributed by atoms with Gasteiger partial charge in [-0.05, 0) is 44.7 Å². The molecule has 2 heterocycles. The van der Waals surface area contributed by atoms with E-state index in [4.69, 9.17) is 10.7 Å². The molecule has 0 aliphatic carbocycles. The van der Waals surface area contributed by atoms with Crippen molar-refractivity contribution in [2.75, 3.05) is 19.6 Å². The predicted octanol–water partition coefficient (Wildman–Crippen LogP) is 3.56. The Bertz CT molecular complexity index is 392. The van der Waals surface area contributed by atoms with Gasteiger partial charge in [-0.1, -0.05) is 20.8 Å². The number of aromatic nitrogens is 1. The summed E-state index contributed by atoms with van der Waals surface area (Å²) < 4.78 is 0. The molecule has 1 atom stereocenters. The normalized spacial score (nSPS) is 19.7. The lowest BCUT2D eigenvalue weighted by Gasteiger charge is -2.29. The highest BCUT2D eigenvalue weighted by Crippen LogP contribution is 2.29.